The lowest BCUT2D eigenvalue weighted by Crippen LogP contribution is -2.77. The molecule has 7 heterocycles. The number of furan rings is 1. The van der Waals surface area contributed by atoms with Gasteiger partial charge in [0.15, 0.2) is 5.69 Å². The van der Waals surface area contributed by atoms with Gasteiger partial charge in [0.2, 0.25) is 0 Å². The second-order valence-electron chi connectivity index (χ2n) is 12.5. The maximum Gasteiger partial charge on any atom is 0.338 e. The number of rotatable bonds is 1. The van der Waals surface area contributed by atoms with Gasteiger partial charge in [-0.3, -0.25) is 0 Å². The number of para-hydroxylation sites is 2. The van der Waals surface area contributed by atoms with Gasteiger partial charge in [0, 0.05) is 28.6 Å². The smallest absolute Gasteiger partial charge is 0.338 e. The first kappa shape index (κ1) is 23.2. The van der Waals surface area contributed by atoms with E-state index in [0.717, 1.165) is 78.5 Å². The molecule has 0 aliphatic carbocycles. The van der Waals surface area contributed by atoms with E-state index < -0.39 is 5.66 Å². The summed E-state index contributed by atoms with van der Waals surface area (Å²) in [7, 11) is 0. The molecule has 0 N–H and O–H groups in total. The maximum absolute atomic E-state index is 6.75. The van der Waals surface area contributed by atoms with Gasteiger partial charge < -0.3 is 9.15 Å². The molecule has 0 saturated heterocycles. The Morgan fingerprint density at radius 2 is 1.41 bits per heavy atom. The molecule has 12 rings (SSSR count). The monoisotopic (exact) mass is 593 g/mol. The largest absolute Gasteiger partial charge is 0.456 e. The van der Waals surface area contributed by atoms with E-state index in [1.165, 1.54) is 16.3 Å². The third-order valence-electron chi connectivity index (χ3n) is 10.3. The molecule has 5 aromatic carbocycles. The van der Waals surface area contributed by atoms with Crippen LogP contribution in [0.4, 0.5) is 0 Å². The average Bonchev–Trinajstić information content (AvgIpc) is 3.82. The second kappa shape index (κ2) is 7.53. The topological polar surface area (TPSA) is 52.9 Å². The summed E-state index contributed by atoms with van der Waals surface area (Å²) < 4.78 is 20.3. The summed E-state index contributed by atoms with van der Waals surface area (Å²) in [6.45, 7) is 2.19. The van der Waals surface area contributed by atoms with Crippen LogP contribution in [0, 0.1) is 6.92 Å². The zero-order chi connectivity index (χ0) is 29.9. The summed E-state index contributed by atoms with van der Waals surface area (Å²) in [5, 5.41) is 10.0. The highest BCUT2D eigenvalue weighted by Gasteiger charge is 2.67. The standard InChI is InChI=1S/C39H23N5O2/c1-22-37(23-18-19-26-25-10-3-5-15-31(25)45-34(26)21-23)40-44-30-14-7-17-33-36(30)39(43(22)44)35-29(13-6-16-32(35)46-33)42-28-12-4-2-9-24(28)27-11-8-20-41(39)38(27)42/h2-21H,1H3/q+2. The van der Waals surface area contributed by atoms with E-state index >= 15 is 0 Å². The first-order valence-corrected chi connectivity index (χ1v) is 15.6. The summed E-state index contributed by atoms with van der Waals surface area (Å²) in [4.78, 5) is 2.09. The number of hydrogen-bond acceptors (Lipinski definition) is 3. The van der Waals surface area contributed by atoms with Gasteiger partial charge in [-0.15, -0.1) is 0 Å². The second-order valence-corrected chi connectivity index (χ2v) is 12.5. The molecule has 9 aromatic rings. The first-order valence-electron chi connectivity index (χ1n) is 15.6. The van der Waals surface area contributed by atoms with Gasteiger partial charge in [-0.25, -0.2) is 0 Å². The zero-order valence-electron chi connectivity index (χ0n) is 24.6. The van der Waals surface area contributed by atoms with Crippen LogP contribution >= 0.6 is 0 Å². The third-order valence-corrected chi connectivity index (χ3v) is 10.3. The van der Waals surface area contributed by atoms with E-state index in [1.807, 2.05) is 12.1 Å². The molecule has 1 unspecified atom stereocenters. The molecule has 214 valence electrons. The van der Waals surface area contributed by atoms with E-state index in [0.29, 0.717) is 0 Å². The van der Waals surface area contributed by atoms with Crippen LogP contribution < -0.4 is 14.0 Å². The van der Waals surface area contributed by atoms with Crippen LogP contribution in [0.2, 0.25) is 0 Å². The summed E-state index contributed by atoms with van der Waals surface area (Å²) >= 11 is 0. The van der Waals surface area contributed by atoms with Crippen molar-refractivity contribution in [3.63, 3.8) is 0 Å². The molecule has 0 fully saturated rings. The van der Waals surface area contributed by atoms with Gasteiger partial charge in [0.05, 0.1) is 16.7 Å². The number of ether oxygens (including phenoxy) is 1. The van der Waals surface area contributed by atoms with Crippen molar-refractivity contribution in [2.24, 2.45) is 0 Å². The van der Waals surface area contributed by atoms with Crippen molar-refractivity contribution in [1.29, 1.82) is 0 Å². The van der Waals surface area contributed by atoms with Gasteiger partial charge in [-0.1, -0.05) is 47.1 Å². The van der Waals surface area contributed by atoms with Crippen molar-refractivity contribution in [3.05, 3.63) is 138 Å². The molecule has 0 radical (unpaired) electrons. The summed E-state index contributed by atoms with van der Waals surface area (Å²) in [6.07, 6.45) is 2.22. The van der Waals surface area contributed by atoms with E-state index in [-0.39, 0.29) is 0 Å². The minimum absolute atomic E-state index is 0.765. The molecule has 46 heavy (non-hydrogen) atoms. The Balaban J connectivity index is 1.24. The molecule has 1 atom stereocenters. The van der Waals surface area contributed by atoms with Crippen LogP contribution in [0.15, 0.2) is 126 Å². The van der Waals surface area contributed by atoms with Crippen LogP contribution in [0.1, 0.15) is 16.8 Å². The van der Waals surface area contributed by atoms with Crippen LogP contribution in [-0.2, 0) is 5.66 Å². The third kappa shape index (κ3) is 2.37. The highest BCUT2D eigenvalue weighted by molar-refractivity contribution is 6.08. The normalized spacial score (nSPS) is 16.6. The molecular formula is C39H23N5O2+2. The zero-order valence-corrected chi connectivity index (χ0v) is 24.6. The highest BCUT2D eigenvalue weighted by Crippen LogP contribution is 2.54. The molecule has 0 bridgehead atoms. The number of nitrogens with zero attached hydrogens (tertiary/aromatic N) is 5. The van der Waals surface area contributed by atoms with Crippen molar-refractivity contribution < 1.29 is 18.4 Å². The van der Waals surface area contributed by atoms with Crippen LogP contribution in [0.5, 0.6) is 11.5 Å². The van der Waals surface area contributed by atoms with Gasteiger partial charge in [0.1, 0.15) is 50.7 Å². The Morgan fingerprint density at radius 3 is 2.30 bits per heavy atom. The van der Waals surface area contributed by atoms with Crippen molar-refractivity contribution in [2.75, 3.05) is 0 Å². The van der Waals surface area contributed by atoms with Gasteiger partial charge >= 0.3 is 5.66 Å². The minimum Gasteiger partial charge on any atom is -0.456 e. The fourth-order valence-corrected chi connectivity index (χ4v) is 8.65. The Kier molecular flexibility index (Phi) is 3.80. The number of aromatic nitrogens is 5. The first-order chi connectivity index (χ1) is 22.7. The molecule has 1 spiro atoms. The molecular weight excluding hydrogens is 570 g/mol. The van der Waals surface area contributed by atoms with E-state index in [1.54, 1.807) is 0 Å². The van der Waals surface area contributed by atoms with Gasteiger partial charge in [-0.05, 0) is 77.6 Å². The SMILES string of the molecule is Cc1c(-c2ccc3c(c2)oc2ccccc23)nn2[n+]1C13c4c(cccc4-n4c5ccccc5c5ccc[n+]1c54)Oc1cccc-2c13. The Morgan fingerprint density at radius 1 is 0.674 bits per heavy atom. The molecule has 7 heteroatoms. The summed E-state index contributed by atoms with van der Waals surface area (Å²) in [5.41, 5.74) is 10.6. The maximum atomic E-state index is 6.75. The van der Waals surface area contributed by atoms with E-state index in [9.17, 15) is 0 Å². The van der Waals surface area contributed by atoms with Crippen LogP contribution in [0.25, 0.3) is 66.5 Å². The Labute approximate surface area is 261 Å². The highest BCUT2D eigenvalue weighted by atomic mass is 16.5. The molecule has 3 aliphatic rings. The summed E-state index contributed by atoms with van der Waals surface area (Å²) in [5.74, 6) is 1.70. The quantitative estimate of drug-likeness (QED) is 0.186. The lowest BCUT2D eigenvalue weighted by atomic mass is 9.84. The minimum atomic E-state index is -0.765. The van der Waals surface area contributed by atoms with Crippen molar-refractivity contribution in [2.45, 2.75) is 12.6 Å². The predicted molar refractivity (Wildman–Crippen MR) is 174 cm³/mol. The number of hydrogen-bond donors (Lipinski definition) is 0. The fourth-order valence-electron chi connectivity index (χ4n) is 8.65. The van der Waals surface area contributed by atoms with Crippen molar-refractivity contribution in [1.82, 2.24) is 14.5 Å². The van der Waals surface area contributed by atoms with Crippen LogP contribution in [0.3, 0.4) is 0 Å². The van der Waals surface area contributed by atoms with E-state index in [2.05, 4.69) is 135 Å². The lowest BCUT2D eigenvalue weighted by Gasteiger charge is -2.35. The van der Waals surface area contributed by atoms with Gasteiger partial charge in [-0.2, -0.15) is 9.13 Å². The molecule has 0 amide bonds. The Hall–Kier alpha value is -6.21. The van der Waals surface area contributed by atoms with E-state index in [4.69, 9.17) is 14.3 Å². The number of benzene rings is 5. The number of fused-ring (bicyclic) bond motifs is 9. The summed E-state index contributed by atoms with van der Waals surface area (Å²) in [6, 6.07) is 40.5. The van der Waals surface area contributed by atoms with Crippen molar-refractivity contribution >= 4 is 43.9 Å². The van der Waals surface area contributed by atoms with Crippen molar-refractivity contribution in [3.8, 4) is 34.1 Å². The lowest BCUT2D eigenvalue weighted by molar-refractivity contribution is -0.991. The molecule has 0 saturated carbocycles. The predicted octanol–water partition coefficient (Wildman–Crippen LogP) is 7.45. The molecule has 4 aromatic heterocycles. The Bertz CT molecular complexity index is 2870. The van der Waals surface area contributed by atoms with Crippen LogP contribution in [-0.4, -0.2) is 14.5 Å². The fraction of sp³-hybridized carbons (Fsp3) is 0.0513. The number of pyridine rings is 1. The van der Waals surface area contributed by atoms with Gasteiger partial charge in [0.25, 0.3) is 11.3 Å². The average molecular weight is 594 g/mol. The molecule has 7 nitrogen and oxygen atoms in total. The molecule has 3 aliphatic heterocycles.